The van der Waals surface area contributed by atoms with Crippen LogP contribution in [0.4, 0.5) is 0 Å². The van der Waals surface area contributed by atoms with Crippen molar-refractivity contribution in [3.63, 3.8) is 0 Å². The molecule has 2 fully saturated rings. The predicted molar refractivity (Wildman–Crippen MR) is 70.1 cm³/mol. The maximum atomic E-state index is 9.84. The van der Waals surface area contributed by atoms with Gasteiger partial charge in [0.1, 0.15) is 0 Å². The lowest BCUT2D eigenvalue weighted by atomic mass is 9.70. The van der Waals surface area contributed by atoms with Crippen LogP contribution in [0.5, 0.6) is 0 Å². The Hall–Kier alpha value is -0.530. The number of benzene rings is 1. The second-order valence-corrected chi connectivity index (χ2v) is 6.34. The summed E-state index contributed by atoms with van der Waals surface area (Å²) in [6.45, 7) is 0.334. The van der Waals surface area contributed by atoms with Crippen LogP contribution in [0.25, 0.3) is 0 Å². The summed E-state index contributed by atoms with van der Waals surface area (Å²) in [5, 5.41) is 10.6. The fraction of sp³-hybridized carbons (Fsp3) is 0.600. The fourth-order valence-corrected chi connectivity index (χ4v) is 4.29. The molecule has 1 N–H and O–H groups in total. The topological polar surface area (TPSA) is 20.2 Å². The summed E-state index contributed by atoms with van der Waals surface area (Å²) in [4.78, 5) is 0. The zero-order chi connectivity index (χ0) is 11.9. The van der Waals surface area contributed by atoms with Gasteiger partial charge in [-0.2, -0.15) is 0 Å². The molecule has 1 aromatic rings. The van der Waals surface area contributed by atoms with Crippen LogP contribution in [0.2, 0.25) is 5.02 Å². The van der Waals surface area contributed by atoms with Crippen LogP contribution in [-0.2, 0) is 6.42 Å². The van der Waals surface area contributed by atoms with Crippen molar-refractivity contribution in [1.29, 1.82) is 0 Å². The average Bonchev–Trinajstić information content (AvgIpc) is 2.89. The highest BCUT2D eigenvalue weighted by atomic mass is 35.5. The van der Waals surface area contributed by atoms with E-state index < -0.39 is 0 Å². The number of halogens is 1. The van der Waals surface area contributed by atoms with Crippen LogP contribution < -0.4 is 0 Å². The summed E-state index contributed by atoms with van der Waals surface area (Å²) < 4.78 is 0. The van der Waals surface area contributed by atoms with Crippen molar-refractivity contribution >= 4 is 11.6 Å². The Balaban J connectivity index is 1.83. The van der Waals surface area contributed by atoms with Crippen LogP contribution in [0, 0.1) is 17.3 Å². The van der Waals surface area contributed by atoms with Crippen molar-refractivity contribution < 1.29 is 5.11 Å². The molecule has 3 rings (SSSR count). The summed E-state index contributed by atoms with van der Waals surface area (Å²) in [6.07, 6.45) is 6.22. The van der Waals surface area contributed by atoms with E-state index in [0.717, 1.165) is 23.3 Å². The SMILES string of the molecule is OCC1(Cc2cccc(Cl)c2)CC2CCC1C2. The zero-order valence-corrected chi connectivity index (χ0v) is 10.8. The van der Waals surface area contributed by atoms with E-state index in [9.17, 15) is 5.11 Å². The molecule has 2 aliphatic rings. The molecule has 0 amide bonds. The van der Waals surface area contributed by atoms with E-state index in [1.54, 1.807) is 0 Å². The monoisotopic (exact) mass is 250 g/mol. The van der Waals surface area contributed by atoms with Crippen LogP contribution in [0.3, 0.4) is 0 Å². The number of rotatable bonds is 3. The van der Waals surface area contributed by atoms with Gasteiger partial charge >= 0.3 is 0 Å². The lowest BCUT2D eigenvalue weighted by molar-refractivity contribution is 0.0652. The molecule has 1 aromatic carbocycles. The highest BCUT2D eigenvalue weighted by Crippen LogP contribution is 2.57. The maximum absolute atomic E-state index is 9.84. The summed E-state index contributed by atoms with van der Waals surface area (Å²) in [6, 6.07) is 8.10. The molecule has 0 radical (unpaired) electrons. The van der Waals surface area contributed by atoms with Gasteiger partial charge in [-0.3, -0.25) is 0 Å². The van der Waals surface area contributed by atoms with E-state index in [1.807, 2.05) is 18.2 Å². The molecule has 3 unspecified atom stereocenters. The summed E-state index contributed by atoms with van der Waals surface area (Å²) in [5.74, 6) is 1.60. The van der Waals surface area contributed by atoms with Gasteiger partial charge in [0.15, 0.2) is 0 Å². The quantitative estimate of drug-likeness (QED) is 0.868. The van der Waals surface area contributed by atoms with Gasteiger partial charge in [-0.15, -0.1) is 0 Å². The third-order valence-electron chi connectivity index (χ3n) is 4.86. The Labute approximate surface area is 108 Å². The molecule has 0 spiro atoms. The van der Waals surface area contributed by atoms with Gasteiger partial charge in [0.2, 0.25) is 0 Å². The Kier molecular flexibility index (Phi) is 2.92. The molecule has 2 bridgehead atoms. The van der Waals surface area contributed by atoms with E-state index >= 15 is 0 Å². The highest BCUT2D eigenvalue weighted by Gasteiger charge is 2.50. The van der Waals surface area contributed by atoms with E-state index in [2.05, 4.69) is 6.07 Å². The first-order valence-corrected chi connectivity index (χ1v) is 6.95. The van der Waals surface area contributed by atoms with E-state index in [-0.39, 0.29) is 5.41 Å². The second-order valence-electron chi connectivity index (χ2n) is 5.91. The largest absolute Gasteiger partial charge is 0.396 e. The van der Waals surface area contributed by atoms with Crippen LogP contribution >= 0.6 is 11.6 Å². The third kappa shape index (κ3) is 2.00. The molecule has 0 heterocycles. The van der Waals surface area contributed by atoms with Crippen molar-refractivity contribution in [3.8, 4) is 0 Å². The zero-order valence-electron chi connectivity index (χ0n) is 10.0. The molecule has 0 aromatic heterocycles. The lowest BCUT2D eigenvalue weighted by Crippen LogP contribution is -2.34. The second kappa shape index (κ2) is 4.29. The van der Waals surface area contributed by atoms with Crippen LogP contribution in [0.15, 0.2) is 24.3 Å². The van der Waals surface area contributed by atoms with Gasteiger partial charge in [0.05, 0.1) is 0 Å². The van der Waals surface area contributed by atoms with Gasteiger partial charge in [0, 0.05) is 17.0 Å². The molecule has 2 aliphatic carbocycles. The smallest absolute Gasteiger partial charge is 0.0493 e. The Morgan fingerprint density at radius 3 is 2.82 bits per heavy atom. The fourth-order valence-electron chi connectivity index (χ4n) is 4.08. The number of aliphatic hydroxyl groups excluding tert-OH is 1. The van der Waals surface area contributed by atoms with Crippen molar-refractivity contribution in [1.82, 2.24) is 0 Å². The standard InChI is InChI=1S/C15H19ClO/c16-14-3-1-2-11(7-14)8-15(10-17)9-12-4-5-13(15)6-12/h1-3,7,12-13,17H,4-6,8-10H2. The van der Waals surface area contributed by atoms with Crippen molar-refractivity contribution in [2.75, 3.05) is 6.61 Å². The Morgan fingerprint density at radius 2 is 2.24 bits per heavy atom. The lowest BCUT2D eigenvalue weighted by Gasteiger charge is -2.36. The Bertz CT molecular complexity index is 417. The van der Waals surface area contributed by atoms with E-state index in [0.29, 0.717) is 6.61 Å². The number of fused-ring (bicyclic) bond motifs is 2. The van der Waals surface area contributed by atoms with E-state index in [1.165, 1.54) is 31.2 Å². The highest BCUT2D eigenvalue weighted by molar-refractivity contribution is 6.30. The predicted octanol–water partition coefficient (Wildman–Crippen LogP) is 3.68. The minimum atomic E-state index is 0.146. The van der Waals surface area contributed by atoms with Gasteiger partial charge in [-0.1, -0.05) is 30.2 Å². The molecular weight excluding hydrogens is 232 g/mol. The molecule has 2 heteroatoms. The summed E-state index contributed by atoms with van der Waals surface area (Å²) in [7, 11) is 0. The first-order chi connectivity index (χ1) is 8.22. The first kappa shape index (κ1) is 11.6. The first-order valence-electron chi connectivity index (χ1n) is 6.57. The maximum Gasteiger partial charge on any atom is 0.0493 e. The van der Waals surface area contributed by atoms with Crippen molar-refractivity contribution in [2.45, 2.75) is 32.1 Å². The van der Waals surface area contributed by atoms with Crippen molar-refractivity contribution in [2.24, 2.45) is 17.3 Å². The van der Waals surface area contributed by atoms with Crippen LogP contribution in [0.1, 0.15) is 31.2 Å². The summed E-state index contributed by atoms with van der Waals surface area (Å²) in [5.41, 5.74) is 1.42. The molecule has 1 nitrogen and oxygen atoms in total. The molecule has 92 valence electrons. The molecular formula is C15H19ClO. The minimum Gasteiger partial charge on any atom is -0.396 e. The number of aliphatic hydroxyl groups is 1. The van der Waals surface area contributed by atoms with E-state index in [4.69, 9.17) is 11.6 Å². The summed E-state index contributed by atoms with van der Waals surface area (Å²) >= 11 is 6.04. The normalized spacial score (nSPS) is 35.4. The number of hydrogen-bond donors (Lipinski definition) is 1. The molecule has 0 saturated heterocycles. The van der Waals surface area contributed by atoms with Crippen molar-refractivity contribution in [3.05, 3.63) is 34.9 Å². The van der Waals surface area contributed by atoms with Gasteiger partial charge in [0.25, 0.3) is 0 Å². The molecule has 2 saturated carbocycles. The minimum absolute atomic E-state index is 0.146. The molecule has 3 atom stereocenters. The average molecular weight is 251 g/mol. The van der Waals surface area contributed by atoms with Gasteiger partial charge in [-0.25, -0.2) is 0 Å². The molecule has 17 heavy (non-hydrogen) atoms. The third-order valence-corrected chi connectivity index (χ3v) is 5.10. The number of hydrogen-bond acceptors (Lipinski definition) is 1. The van der Waals surface area contributed by atoms with Gasteiger partial charge in [-0.05, 0) is 55.2 Å². The molecule has 0 aliphatic heterocycles. The van der Waals surface area contributed by atoms with Crippen LogP contribution in [-0.4, -0.2) is 11.7 Å². The van der Waals surface area contributed by atoms with Gasteiger partial charge < -0.3 is 5.11 Å². The Morgan fingerprint density at radius 1 is 1.35 bits per heavy atom.